The molecule has 0 bridgehead atoms. The highest BCUT2D eigenvalue weighted by Gasteiger charge is 2.20. The number of hydrogen-bond acceptors (Lipinski definition) is 3. The van der Waals surface area contributed by atoms with E-state index in [4.69, 9.17) is 4.74 Å². The van der Waals surface area contributed by atoms with E-state index in [1.165, 1.54) is 11.1 Å². The van der Waals surface area contributed by atoms with Crippen LogP contribution in [0.3, 0.4) is 0 Å². The smallest absolute Gasteiger partial charge is 0.220 e. The Morgan fingerprint density at radius 3 is 2.46 bits per heavy atom. The van der Waals surface area contributed by atoms with Crippen molar-refractivity contribution in [1.82, 2.24) is 10.2 Å². The van der Waals surface area contributed by atoms with Crippen LogP contribution in [0.4, 0.5) is 0 Å². The number of ether oxygens (including phenoxy) is 1. The molecular formula is C22H28N2O2. The minimum atomic E-state index is 0.0111. The monoisotopic (exact) mass is 352 g/mol. The van der Waals surface area contributed by atoms with Gasteiger partial charge in [0.25, 0.3) is 0 Å². The van der Waals surface area contributed by atoms with Gasteiger partial charge >= 0.3 is 0 Å². The van der Waals surface area contributed by atoms with Crippen LogP contribution in [0.1, 0.15) is 29.2 Å². The maximum Gasteiger partial charge on any atom is 0.220 e. The Bertz CT molecular complexity index is 679. The predicted octanol–water partition coefficient (Wildman–Crippen LogP) is 3.12. The van der Waals surface area contributed by atoms with Gasteiger partial charge in [0.05, 0.1) is 19.3 Å². The van der Waals surface area contributed by atoms with Crippen LogP contribution in [0.5, 0.6) is 0 Å². The molecule has 1 aliphatic rings. The number of amides is 1. The zero-order chi connectivity index (χ0) is 18.2. The number of aryl methyl sites for hydroxylation is 2. The van der Waals surface area contributed by atoms with Crippen LogP contribution in [0, 0.1) is 6.92 Å². The van der Waals surface area contributed by atoms with Crippen molar-refractivity contribution in [3.8, 4) is 0 Å². The summed E-state index contributed by atoms with van der Waals surface area (Å²) in [6.07, 6.45) is 1.28. The van der Waals surface area contributed by atoms with Gasteiger partial charge in [-0.05, 0) is 24.5 Å². The van der Waals surface area contributed by atoms with Crippen molar-refractivity contribution in [2.75, 3.05) is 32.8 Å². The van der Waals surface area contributed by atoms with Gasteiger partial charge in [-0.1, -0.05) is 60.2 Å². The largest absolute Gasteiger partial charge is 0.379 e. The van der Waals surface area contributed by atoms with Gasteiger partial charge in [0.15, 0.2) is 0 Å². The Hall–Kier alpha value is -2.17. The second kappa shape index (κ2) is 9.51. The van der Waals surface area contributed by atoms with Crippen LogP contribution in [-0.2, 0) is 16.0 Å². The third-order valence-electron chi connectivity index (χ3n) is 4.84. The summed E-state index contributed by atoms with van der Waals surface area (Å²) in [4.78, 5) is 14.9. The lowest BCUT2D eigenvalue weighted by atomic mass is 10.0. The lowest BCUT2D eigenvalue weighted by molar-refractivity contribution is -0.122. The summed E-state index contributed by atoms with van der Waals surface area (Å²) in [6, 6.07) is 18.6. The van der Waals surface area contributed by atoms with E-state index in [1.807, 2.05) is 18.2 Å². The summed E-state index contributed by atoms with van der Waals surface area (Å²) in [5.41, 5.74) is 3.59. The topological polar surface area (TPSA) is 41.6 Å². The molecule has 1 fully saturated rings. The highest BCUT2D eigenvalue weighted by molar-refractivity contribution is 5.76. The summed E-state index contributed by atoms with van der Waals surface area (Å²) in [5, 5.41) is 3.25. The SMILES string of the molecule is Cc1ccc([C@H](CN2CCOCC2)NC(=O)CCc2ccccc2)cc1. The second-order valence-electron chi connectivity index (χ2n) is 6.93. The number of rotatable bonds is 7. The third-order valence-corrected chi connectivity index (χ3v) is 4.84. The fourth-order valence-electron chi connectivity index (χ4n) is 3.24. The summed E-state index contributed by atoms with van der Waals surface area (Å²) in [7, 11) is 0. The lowest BCUT2D eigenvalue weighted by Crippen LogP contribution is -2.43. The number of nitrogens with one attached hydrogen (secondary N) is 1. The quantitative estimate of drug-likeness (QED) is 0.832. The molecule has 1 N–H and O–H groups in total. The Balaban J connectivity index is 1.62. The molecule has 0 aliphatic carbocycles. The van der Waals surface area contributed by atoms with E-state index in [0.717, 1.165) is 44.8 Å². The number of carbonyl (C=O) groups excluding carboxylic acids is 1. The van der Waals surface area contributed by atoms with Crippen molar-refractivity contribution in [3.05, 3.63) is 71.3 Å². The van der Waals surface area contributed by atoms with E-state index >= 15 is 0 Å². The first-order chi connectivity index (χ1) is 12.7. The lowest BCUT2D eigenvalue weighted by Gasteiger charge is -2.31. The number of nitrogens with zero attached hydrogens (tertiary/aromatic N) is 1. The molecule has 0 aromatic heterocycles. The first-order valence-electron chi connectivity index (χ1n) is 9.40. The average Bonchev–Trinajstić information content (AvgIpc) is 2.68. The molecule has 0 unspecified atom stereocenters. The Morgan fingerprint density at radius 1 is 1.08 bits per heavy atom. The molecule has 1 amide bonds. The van der Waals surface area contributed by atoms with E-state index in [1.54, 1.807) is 0 Å². The molecule has 0 spiro atoms. The van der Waals surface area contributed by atoms with Crippen LogP contribution in [0.25, 0.3) is 0 Å². The van der Waals surface area contributed by atoms with E-state index in [2.05, 4.69) is 53.5 Å². The maximum absolute atomic E-state index is 12.6. The van der Waals surface area contributed by atoms with Crippen LogP contribution in [-0.4, -0.2) is 43.7 Å². The van der Waals surface area contributed by atoms with Gasteiger partial charge in [0, 0.05) is 26.1 Å². The van der Waals surface area contributed by atoms with Crippen LogP contribution in [0.15, 0.2) is 54.6 Å². The maximum atomic E-state index is 12.6. The molecular weight excluding hydrogens is 324 g/mol. The molecule has 1 aliphatic heterocycles. The van der Waals surface area contributed by atoms with Crippen LogP contribution < -0.4 is 5.32 Å². The molecule has 26 heavy (non-hydrogen) atoms. The van der Waals surface area contributed by atoms with Gasteiger partial charge in [-0.2, -0.15) is 0 Å². The minimum Gasteiger partial charge on any atom is -0.379 e. The van der Waals surface area contributed by atoms with Crippen LogP contribution >= 0.6 is 0 Å². The molecule has 2 aromatic carbocycles. The average molecular weight is 352 g/mol. The highest BCUT2D eigenvalue weighted by atomic mass is 16.5. The Labute approximate surface area is 156 Å². The first-order valence-corrected chi connectivity index (χ1v) is 9.40. The molecule has 0 saturated carbocycles. The van der Waals surface area contributed by atoms with Crippen molar-refractivity contribution in [1.29, 1.82) is 0 Å². The zero-order valence-electron chi connectivity index (χ0n) is 15.5. The molecule has 4 nitrogen and oxygen atoms in total. The zero-order valence-corrected chi connectivity index (χ0v) is 15.5. The molecule has 1 saturated heterocycles. The fourth-order valence-corrected chi connectivity index (χ4v) is 3.24. The minimum absolute atomic E-state index is 0.0111. The van der Waals surface area contributed by atoms with Crippen molar-refractivity contribution in [2.45, 2.75) is 25.8 Å². The molecule has 2 aromatic rings. The van der Waals surface area contributed by atoms with Gasteiger partial charge in [-0.25, -0.2) is 0 Å². The second-order valence-corrected chi connectivity index (χ2v) is 6.93. The normalized spacial score (nSPS) is 16.2. The van der Waals surface area contributed by atoms with Crippen molar-refractivity contribution in [2.24, 2.45) is 0 Å². The fraction of sp³-hybridized carbons (Fsp3) is 0.409. The van der Waals surface area contributed by atoms with Crippen LogP contribution in [0.2, 0.25) is 0 Å². The molecule has 3 rings (SSSR count). The standard InChI is InChI=1S/C22H28N2O2/c1-18-7-10-20(11-8-18)21(17-24-13-15-26-16-14-24)23-22(25)12-9-19-5-3-2-4-6-19/h2-8,10-11,21H,9,12-17H2,1H3,(H,23,25)/t21-/m0/s1. The molecule has 138 valence electrons. The third kappa shape index (κ3) is 5.68. The number of benzene rings is 2. The van der Waals surface area contributed by atoms with Crippen molar-refractivity contribution < 1.29 is 9.53 Å². The van der Waals surface area contributed by atoms with Crippen molar-refractivity contribution in [3.63, 3.8) is 0 Å². The van der Waals surface area contributed by atoms with Gasteiger partial charge in [-0.15, -0.1) is 0 Å². The highest BCUT2D eigenvalue weighted by Crippen LogP contribution is 2.17. The number of morpholine rings is 1. The van der Waals surface area contributed by atoms with E-state index < -0.39 is 0 Å². The number of hydrogen-bond donors (Lipinski definition) is 1. The summed E-state index contributed by atoms with van der Waals surface area (Å²) in [6.45, 7) is 6.28. The summed E-state index contributed by atoms with van der Waals surface area (Å²) >= 11 is 0. The predicted molar refractivity (Wildman–Crippen MR) is 104 cm³/mol. The molecule has 0 radical (unpaired) electrons. The van der Waals surface area contributed by atoms with Gasteiger partial charge in [0.1, 0.15) is 0 Å². The van der Waals surface area contributed by atoms with Gasteiger partial charge in [0.2, 0.25) is 5.91 Å². The summed E-state index contributed by atoms with van der Waals surface area (Å²) < 4.78 is 5.44. The van der Waals surface area contributed by atoms with E-state index in [9.17, 15) is 4.79 Å². The Kier molecular flexibility index (Phi) is 6.81. The molecule has 1 heterocycles. The Morgan fingerprint density at radius 2 is 1.77 bits per heavy atom. The van der Waals surface area contributed by atoms with E-state index in [0.29, 0.717) is 6.42 Å². The van der Waals surface area contributed by atoms with Gasteiger partial charge in [-0.3, -0.25) is 9.69 Å². The number of carbonyl (C=O) groups is 1. The van der Waals surface area contributed by atoms with Gasteiger partial charge < -0.3 is 10.1 Å². The summed E-state index contributed by atoms with van der Waals surface area (Å²) in [5.74, 6) is 0.104. The van der Waals surface area contributed by atoms with E-state index in [-0.39, 0.29) is 11.9 Å². The molecule has 1 atom stereocenters. The van der Waals surface area contributed by atoms with Crippen molar-refractivity contribution >= 4 is 5.91 Å². The first kappa shape index (κ1) is 18.6. The molecule has 4 heteroatoms.